The number of aryl methyl sites for hydroxylation is 1. The second kappa shape index (κ2) is 10.5. The van der Waals surface area contributed by atoms with Gasteiger partial charge in [-0.1, -0.05) is 17.7 Å². The Hall–Kier alpha value is -3.06. The maximum Gasteiger partial charge on any atom is 0.238 e. The van der Waals surface area contributed by atoms with Crippen LogP contribution in [0.4, 0.5) is 5.69 Å². The smallest absolute Gasteiger partial charge is 0.238 e. The van der Waals surface area contributed by atoms with Gasteiger partial charge in [-0.25, -0.2) is 0 Å². The van der Waals surface area contributed by atoms with Gasteiger partial charge < -0.3 is 20.1 Å². The molecule has 0 saturated heterocycles. The van der Waals surface area contributed by atoms with Gasteiger partial charge >= 0.3 is 0 Å². The van der Waals surface area contributed by atoms with Gasteiger partial charge in [-0.2, -0.15) is 0 Å². The fraction of sp³-hybridized carbons (Fsp3) is 0.364. The molecule has 0 aliphatic rings. The van der Waals surface area contributed by atoms with Gasteiger partial charge in [0, 0.05) is 11.3 Å². The molecule has 7 nitrogen and oxygen atoms in total. The first kappa shape index (κ1) is 22.2. The summed E-state index contributed by atoms with van der Waals surface area (Å²) in [6, 6.07) is 12.7. The van der Waals surface area contributed by atoms with E-state index >= 15 is 0 Å². The third-order valence-electron chi connectivity index (χ3n) is 4.44. The van der Waals surface area contributed by atoms with Crippen molar-refractivity contribution in [1.29, 1.82) is 0 Å². The van der Waals surface area contributed by atoms with Gasteiger partial charge in [0.15, 0.2) is 0 Å². The zero-order valence-electron chi connectivity index (χ0n) is 17.6. The molecule has 0 bridgehead atoms. The number of carbonyl (C=O) groups excluding carboxylic acids is 2. The number of benzene rings is 2. The highest BCUT2D eigenvalue weighted by atomic mass is 16.5. The van der Waals surface area contributed by atoms with Gasteiger partial charge in [-0.15, -0.1) is 0 Å². The summed E-state index contributed by atoms with van der Waals surface area (Å²) in [4.78, 5) is 26.2. The molecule has 0 aromatic heterocycles. The van der Waals surface area contributed by atoms with Crippen molar-refractivity contribution in [2.24, 2.45) is 0 Å². The van der Waals surface area contributed by atoms with Crippen molar-refractivity contribution in [1.82, 2.24) is 10.2 Å². The Morgan fingerprint density at radius 2 is 1.66 bits per heavy atom. The van der Waals surface area contributed by atoms with E-state index in [2.05, 4.69) is 10.6 Å². The monoisotopic (exact) mass is 399 g/mol. The standard InChI is InChI=1S/C22H29N3O4/c1-15-6-8-17(9-7-15)24-22(27)14-25(3)13-21(26)23-16(2)19-12-18(28-4)10-11-20(19)29-5/h6-12,16H,13-14H2,1-5H3,(H,23,26)(H,24,27)/t16-/m1/s1. The lowest BCUT2D eigenvalue weighted by Gasteiger charge is -2.20. The highest BCUT2D eigenvalue weighted by molar-refractivity contribution is 5.92. The summed E-state index contributed by atoms with van der Waals surface area (Å²) < 4.78 is 10.6. The molecule has 2 aromatic rings. The van der Waals surface area contributed by atoms with Crippen LogP contribution in [0.3, 0.4) is 0 Å². The van der Waals surface area contributed by atoms with Crippen LogP contribution in [0, 0.1) is 6.92 Å². The largest absolute Gasteiger partial charge is 0.497 e. The zero-order valence-corrected chi connectivity index (χ0v) is 17.6. The summed E-state index contributed by atoms with van der Waals surface area (Å²) in [6.45, 7) is 4.06. The van der Waals surface area contributed by atoms with E-state index in [4.69, 9.17) is 9.47 Å². The lowest BCUT2D eigenvalue weighted by atomic mass is 10.1. The number of carbonyl (C=O) groups is 2. The number of hydrogen-bond donors (Lipinski definition) is 2. The van der Waals surface area contributed by atoms with Crippen LogP contribution in [0.15, 0.2) is 42.5 Å². The van der Waals surface area contributed by atoms with Crippen molar-refractivity contribution in [3.63, 3.8) is 0 Å². The number of ether oxygens (including phenoxy) is 2. The van der Waals surface area contributed by atoms with Gasteiger partial charge in [0.05, 0.1) is 33.4 Å². The fourth-order valence-electron chi connectivity index (χ4n) is 2.93. The predicted molar refractivity (Wildman–Crippen MR) is 113 cm³/mol. The third-order valence-corrected chi connectivity index (χ3v) is 4.44. The number of amides is 2. The van der Waals surface area contributed by atoms with Crippen molar-refractivity contribution >= 4 is 17.5 Å². The molecule has 2 aromatic carbocycles. The molecule has 29 heavy (non-hydrogen) atoms. The summed E-state index contributed by atoms with van der Waals surface area (Å²) in [7, 11) is 4.90. The molecular formula is C22H29N3O4. The number of hydrogen-bond acceptors (Lipinski definition) is 5. The molecule has 1 atom stereocenters. The second-order valence-corrected chi connectivity index (χ2v) is 6.98. The Labute approximate surface area is 172 Å². The lowest BCUT2D eigenvalue weighted by Crippen LogP contribution is -2.39. The molecule has 0 aliphatic heterocycles. The maximum atomic E-state index is 12.4. The van der Waals surface area contributed by atoms with Gasteiger partial charge in [-0.3, -0.25) is 14.5 Å². The average molecular weight is 399 g/mol. The highest BCUT2D eigenvalue weighted by Crippen LogP contribution is 2.29. The van der Waals surface area contributed by atoms with Gasteiger partial charge in [-0.05, 0) is 51.2 Å². The highest BCUT2D eigenvalue weighted by Gasteiger charge is 2.17. The maximum absolute atomic E-state index is 12.4. The molecule has 0 radical (unpaired) electrons. The minimum Gasteiger partial charge on any atom is -0.497 e. The fourth-order valence-corrected chi connectivity index (χ4v) is 2.93. The molecule has 156 valence electrons. The molecule has 2 rings (SSSR count). The van der Waals surface area contributed by atoms with E-state index in [1.165, 1.54) is 0 Å². The van der Waals surface area contributed by atoms with E-state index < -0.39 is 0 Å². The number of rotatable bonds is 9. The van der Waals surface area contributed by atoms with E-state index in [0.29, 0.717) is 11.5 Å². The van der Waals surface area contributed by atoms with E-state index in [1.54, 1.807) is 38.3 Å². The minimum absolute atomic E-state index is 0.0952. The predicted octanol–water partition coefficient (Wildman–Crippen LogP) is 2.76. The Balaban J connectivity index is 1.87. The van der Waals surface area contributed by atoms with Crippen LogP contribution >= 0.6 is 0 Å². The van der Waals surface area contributed by atoms with Gasteiger partial charge in [0.25, 0.3) is 0 Å². The first-order valence-corrected chi connectivity index (χ1v) is 9.38. The van der Waals surface area contributed by atoms with Crippen LogP contribution < -0.4 is 20.1 Å². The Morgan fingerprint density at radius 3 is 2.28 bits per heavy atom. The van der Waals surface area contributed by atoms with E-state index in [0.717, 1.165) is 16.8 Å². The molecule has 7 heteroatoms. The number of nitrogens with one attached hydrogen (secondary N) is 2. The van der Waals surface area contributed by atoms with E-state index in [-0.39, 0.29) is 30.9 Å². The molecule has 2 N–H and O–H groups in total. The third kappa shape index (κ3) is 6.80. The quantitative estimate of drug-likeness (QED) is 0.678. The second-order valence-electron chi connectivity index (χ2n) is 6.98. The zero-order chi connectivity index (χ0) is 21.4. The first-order chi connectivity index (χ1) is 13.8. The van der Waals surface area contributed by atoms with Gasteiger partial charge in [0.2, 0.25) is 11.8 Å². The first-order valence-electron chi connectivity index (χ1n) is 9.38. The molecule has 0 aliphatic carbocycles. The summed E-state index contributed by atoms with van der Waals surface area (Å²) in [5, 5.41) is 5.76. The average Bonchev–Trinajstić information content (AvgIpc) is 2.68. The van der Waals surface area contributed by atoms with Crippen molar-refractivity contribution in [3.05, 3.63) is 53.6 Å². The summed E-state index contributed by atoms with van der Waals surface area (Å²) in [5.41, 5.74) is 2.68. The molecule has 0 unspecified atom stereocenters. The van der Waals surface area contributed by atoms with Crippen LogP contribution in [-0.4, -0.2) is 51.1 Å². The Bertz CT molecular complexity index is 836. The van der Waals surface area contributed by atoms with Crippen LogP contribution in [0.2, 0.25) is 0 Å². The molecule has 0 saturated carbocycles. The molecule has 0 fully saturated rings. The Kier molecular flexibility index (Phi) is 8.03. The van der Waals surface area contributed by atoms with Gasteiger partial charge in [0.1, 0.15) is 11.5 Å². The van der Waals surface area contributed by atoms with Crippen molar-refractivity contribution < 1.29 is 19.1 Å². The number of likely N-dealkylation sites (N-methyl/N-ethyl adjacent to an activating group) is 1. The van der Waals surface area contributed by atoms with Crippen LogP contribution in [0.25, 0.3) is 0 Å². The molecule has 0 spiro atoms. The minimum atomic E-state index is -0.276. The Morgan fingerprint density at radius 1 is 1.00 bits per heavy atom. The van der Waals surface area contributed by atoms with Crippen LogP contribution in [0.5, 0.6) is 11.5 Å². The topological polar surface area (TPSA) is 79.9 Å². The van der Waals surface area contributed by atoms with Crippen molar-refractivity contribution in [3.8, 4) is 11.5 Å². The van der Waals surface area contributed by atoms with Crippen LogP contribution in [-0.2, 0) is 9.59 Å². The van der Waals surface area contributed by atoms with Crippen molar-refractivity contribution in [2.75, 3.05) is 39.7 Å². The number of nitrogens with zero attached hydrogens (tertiary/aromatic N) is 1. The SMILES string of the molecule is COc1ccc(OC)c([C@@H](C)NC(=O)CN(C)CC(=O)Nc2ccc(C)cc2)c1. The summed E-state index contributed by atoms with van der Waals surface area (Å²) in [6.07, 6.45) is 0. The summed E-state index contributed by atoms with van der Waals surface area (Å²) in [5.74, 6) is 0.996. The van der Waals surface area contributed by atoms with E-state index in [9.17, 15) is 9.59 Å². The molecule has 2 amide bonds. The summed E-state index contributed by atoms with van der Waals surface area (Å²) >= 11 is 0. The van der Waals surface area contributed by atoms with Crippen molar-refractivity contribution in [2.45, 2.75) is 19.9 Å². The normalized spacial score (nSPS) is 11.7. The number of methoxy groups -OCH3 is 2. The molecule has 0 heterocycles. The molecular weight excluding hydrogens is 370 g/mol. The van der Waals surface area contributed by atoms with Crippen LogP contribution in [0.1, 0.15) is 24.1 Å². The number of anilines is 1. The van der Waals surface area contributed by atoms with E-state index in [1.807, 2.05) is 44.2 Å². The lowest BCUT2D eigenvalue weighted by molar-refractivity contribution is -0.123.